The third kappa shape index (κ3) is 2.83. The monoisotopic (exact) mass is 365 g/mol. The molecule has 0 saturated heterocycles. The lowest BCUT2D eigenvalue weighted by Crippen LogP contribution is -2.55. The summed E-state index contributed by atoms with van der Waals surface area (Å²) in [5.74, 6) is 1.41. The van der Waals surface area contributed by atoms with Crippen molar-refractivity contribution in [1.29, 1.82) is 0 Å². The van der Waals surface area contributed by atoms with Gasteiger partial charge in [-0.05, 0) is 85.3 Å². The smallest absolute Gasteiger partial charge is 0.259 e. The summed E-state index contributed by atoms with van der Waals surface area (Å²) in [5, 5.41) is 10.7. The third-order valence-electron chi connectivity index (χ3n) is 6.91. The van der Waals surface area contributed by atoms with Crippen LogP contribution >= 0.6 is 0 Å². The second-order valence-electron chi connectivity index (χ2n) is 8.32. The van der Waals surface area contributed by atoms with Crippen LogP contribution in [0.5, 0.6) is 0 Å². The first-order chi connectivity index (χ1) is 12.3. The maximum absolute atomic E-state index is 13.7. The predicted octanol–water partition coefficient (Wildman–Crippen LogP) is 5.58. The highest BCUT2D eigenvalue weighted by Crippen LogP contribution is 2.65. The van der Waals surface area contributed by atoms with Crippen molar-refractivity contribution in [2.24, 2.45) is 23.7 Å². The molecule has 0 aromatic heterocycles. The largest absolute Gasteiger partial charge is 0.416 e. The Kier molecular flexibility index (Phi) is 4.12. The van der Waals surface area contributed by atoms with Gasteiger partial charge in [0, 0.05) is 0 Å². The summed E-state index contributed by atoms with van der Waals surface area (Å²) in [6, 6.07) is 6.00. The van der Waals surface area contributed by atoms with Crippen LogP contribution in [-0.4, -0.2) is 4.92 Å². The molecule has 4 saturated carbocycles. The van der Waals surface area contributed by atoms with Crippen molar-refractivity contribution in [3.05, 3.63) is 57.8 Å². The fourth-order valence-corrected chi connectivity index (χ4v) is 6.44. The van der Waals surface area contributed by atoms with E-state index in [-0.39, 0.29) is 5.92 Å². The van der Waals surface area contributed by atoms with E-state index in [0.717, 1.165) is 38.3 Å². The first-order valence-electron chi connectivity index (χ1n) is 9.26. The summed E-state index contributed by atoms with van der Waals surface area (Å²) >= 11 is 0. The minimum Gasteiger partial charge on any atom is -0.259 e. The molecule has 3 unspecified atom stereocenters. The Balaban J connectivity index is 1.79. The predicted molar refractivity (Wildman–Crippen MR) is 90.9 cm³/mol. The van der Waals surface area contributed by atoms with Crippen LogP contribution in [0.4, 0.5) is 13.2 Å². The number of rotatable bonds is 4. The van der Waals surface area contributed by atoms with Gasteiger partial charge in [-0.1, -0.05) is 18.2 Å². The number of nitro groups is 1. The lowest BCUT2D eigenvalue weighted by atomic mass is 9.42. The molecule has 6 heteroatoms. The number of benzene rings is 1. The van der Waals surface area contributed by atoms with Gasteiger partial charge in [0.15, 0.2) is 0 Å². The quantitative estimate of drug-likeness (QED) is 0.516. The standard InChI is InChI=1S/C20H22F3NO2/c21-20(22,23)18-5-2-1-4-17(18)19-11-13-8-14(12-19)10-15(9-13)16(19)6-3-7-24(25)26/h1-5,7,13-16H,6,8-12H2/b7-3+. The summed E-state index contributed by atoms with van der Waals surface area (Å²) in [6.45, 7) is 0. The molecule has 1 aromatic carbocycles. The van der Waals surface area contributed by atoms with Crippen LogP contribution < -0.4 is 0 Å². The zero-order valence-electron chi connectivity index (χ0n) is 14.4. The Bertz CT molecular complexity index is 729. The van der Waals surface area contributed by atoms with E-state index in [9.17, 15) is 23.3 Å². The third-order valence-corrected chi connectivity index (χ3v) is 6.91. The second-order valence-corrected chi connectivity index (χ2v) is 8.32. The Morgan fingerprint density at radius 1 is 1.15 bits per heavy atom. The molecule has 1 aromatic rings. The Hall–Kier alpha value is -1.85. The number of hydrogen-bond acceptors (Lipinski definition) is 2. The normalized spacial score (nSPS) is 36.0. The average Bonchev–Trinajstić information content (AvgIpc) is 2.56. The van der Waals surface area contributed by atoms with Gasteiger partial charge in [0.2, 0.25) is 6.20 Å². The van der Waals surface area contributed by atoms with E-state index in [2.05, 4.69) is 0 Å². The minimum absolute atomic E-state index is 0.0509. The van der Waals surface area contributed by atoms with Crippen LogP contribution in [0, 0.1) is 33.8 Å². The highest BCUT2D eigenvalue weighted by molar-refractivity contribution is 5.39. The van der Waals surface area contributed by atoms with E-state index >= 15 is 0 Å². The average molecular weight is 365 g/mol. The summed E-state index contributed by atoms with van der Waals surface area (Å²) in [4.78, 5) is 10.2. The molecular formula is C20H22F3NO2. The second kappa shape index (κ2) is 6.10. The number of alkyl halides is 3. The Labute approximate surface area is 150 Å². The van der Waals surface area contributed by atoms with Crippen molar-refractivity contribution < 1.29 is 18.1 Å². The van der Waals surface area contributed by atoms with E-state index < -0.39 is 22.1 Å². The first-order valence-corrected chi connectivity index (χ1v) is 9.26. The van der Waals surface area contributed by atoms with E-state index in [1.165, 1.54) is 12.1 Å². The molecule has 26 heavy (non-hydrogen) atoms. The molecule has 3 atom stereocenters. The van der Waals surface area contributed by atoms with E-state index in [1.807, 2.05) is 0 Å². The van der Waals surface area contributed by atoms with Crippen molar-refractivity contribution in [3.63, 3.8) is 0 Å². The summed E-state index contributed by atoms with van der Waals surface area (Å²) in [5.41, 5.74) is -0.599. The molecular weight excluding hydrogens is 343 g/mol. The highest BCUT2D eigenvalue weighted by Gasteiger charge is 2.58. The van der Waals surface area contributed by atoms with Crippen LogP contribution in [0.15, 0.2) is 36.5 Å². The van der Waals surface area contributed by atoms with Gasteiger partial charge in [-0.25, -0.2) is 0 Å². The molecule has 0 radical (unpaired) electrons. The molecule has 0 N–H and O–H groups in total. The number of allylic oxidation sites excluding steroid dienone is 1. The molecule has 4 fully saturated rings. The molecule has 140 valence electrons. The van der Waals surface area contributed by atoms with Gasteiger partial charge in [0.25, 0.3) is 0 Å². The highest BCUT2D eigenvalue weighted by atomic mass is 19.4. The zero-order chi connectivity index (χ0) is 18.5. The van der Waals surface area contributed by atoms with Crippen molar-refractivity contribution in [1.82, 2.24) is 0 Å². The van der Waals surface area contributed by atoms with Crippen LogP contribution in [0.1, 0.15) is 49.7 Å². The fraction of sp³-hybridized carbons (Fsp3) is 0.600. The van der Waals surface area contributed by atoms with Gasteiger partial charge >= 0.3 is 6.18 Å². The van der Waals surface area contributed by atoms with Crippen LogP contribution in [-0.2, 0) is 11.6 Å². The molecule has 4 bridgehead atoms. The summed E-state index contributed by atoms with van der Waals surface area (Å²) in [6.07, 6.45) is 3.41. The van der Waals surface area contributed by atoms with Crippen LogP contribution in [0.2, 0.25) is 0 Å². The van der Waals surface area contributed by atoms with Crippen molar-refractivity contribution in [2.45, 2.75) is 50.1 Å². The fourth-order valence-electron chi connectivity index (χ4n) is 6.44. The molecule has 4 aliphatic rings. The topological polar surface area (TPSA) is 43.1 Å². The number of hydrogen-bond donors (Lipinski definition) is 0. The zero-order valence-corrected chi connectivity index (χ0v) is 14.4. The molecule has 4 aliphatic carbocycles. The molecule has 0 aliphatic heterocycles. The molecule has 3 nitrogen and oxygen atoms in total. The maximum atomic E-state index is 13.7. The molecule has 0 spiro atoms. The van der Waals surface area contributed by atoms with Gasteiger partial charge in [-0.15, -0.1) is 0 Å². The van der Waals surface area contributed by atoms with Crippen LogP contribution in [0.3, 0.4) is 0 Å². The number of halogens is 3. The van der Waals surface area contributed by atoms with Gasteiger partial charge in [0.1, 0.15) is 0 Å². The van der Waals surface area contributed by atoms with Crippen molar-refractivity contribution in [3.8, 4) is 0 Å². The summed E-state index contributed by atoms with van der Waals surface area (Å²) < 4.78 is 41.1. The molecule has 0 amide bonds. The maximum Gasteiger partial charge on any atom is 0.416 e. The Morgan fingerprint density at radius 2 is 1.81 bits per heavy atom. The first kappa shape index (κ1) is 17.6. The van der Waals surface area contributed by atoms with E-state index in [1.54, 1.807) is 18.2 Å². The van der Waals surface area contributed by atoms with Crippen molar-refractivity contribution >= 4 is 0 Å². The molecule has 0 heterocycles. The van der Waals surface area contributed by atoms with Gasteiger partial charge in [-0.3, -0.25) is 10.1 Å². The van der Waals surface area contributed by atoms with Gasteiger partial charge in [0.05, 0.1) is 10.5 Å². The lowest BCUT2D eigenvalue weighted by molar-refractivity contribution is -0.402. The lowest BCUT2D eigenvalue weighted by Gasteiger charge is -2.62. The van der Waals surface area contributed by atoms with Crippen LogP contribution in [0.25, 0.3) is 0 Å². The van der Waals surface area contributed by atoms with E-state index in [4.69, 9.17) is 0 Å². The SMILES string of the molecule is O=[N+]([O-])/C=C/CC1C2CC3CC(C2)CC1(c1ccccc1C(F)(F)F)C3. The molecule has 5 rings (SSSR count). The van der Waals surface area contributed by atoms with E-state index in [0.29, 0.717) is 29.7 Å². The minimum atomic E-state index is -4.37. The van der Waals surface area contributed by atoms with Gasteiger partial charge in [-0.2, -0.15) is 13.2 Å². The Morgan fingerprint density at radius 3 is 2.42 bits per heavy atom. The van der Waals surface area contributed by atoms with Crippen molar-refractivity contribution in [2.75, 3.05) is 0 Å². The number of nitrogens with zero attached hydrogens (tertiary/aromatic N) is 1. The van der Waals surface area contributed by atoms with Gasteiger partial charge < -0.3 is 0 Å². The summed E-state index contributed by atoms with van der Waals surface area (Å²) in [7, 11) is 0.